The molecule has 0 fully saturated rings. The van der Waals surface area contributed by atoms with E-state index in [-0.39, 0.29) is 16.3 Å². The molecule has 1 amide bonds. The molecular weight excluding hydrogens is 630 g/mol. The second-order valence-electron chi connectivity index (χ2n) is 12.4. The fourth-order valence-electron chi connectivity index (χ4n) is 5.15. The molecule has 12 heteroatoms. The zero-order valence-corrected chi connectivity index (χ0v) is 27.6. The van der Waals surface area contributed by atoms with Crippen LogP contribution in [0.25, 0.3) is 33.2 Å². The van der Waals surface area contributed by atoms with E-state index in [2.05, 4.69) is 15.3 Å². The van der Waals surface area contributed by atoms with Crippen LogP contribution in [0.1, 0.15) is 58.4 Å². The highest BCUT2D eigenvalue weighted by atomic mass is 19.1. The molecule has 2 aromatic heterocycles. The van der Waals surface area contributed by atoms with E-state index in [1.54, 1.807) is 71.0 Å². The van der Waals surface area contributed by atoms with Crippen LogP contribution in [0.15, 0.2) is 107 Å². The van der Waals surface area contributed by atoms with Gasteiger partial charge in [0, 0.05) is 0 Å². The summed E-state index contributed by atoms with van der Waals surface area (Å²) in [7, 11) is 0. The van der Waals surface area contributed by atoms with Gasteiger partial charge in [-0.2, -0.15) is 0 Å². The molecule has 49 heavy (non-hydrogen) atoms. The van der Waals surface area contributed by atoms with Crippen molar-refractivity contribution in [3.63, 3.8) is 0 Å². The van der Waals surface area contributed by atoms with E-state index < -0.39 is 41.0 Å². The molecule has 0 spiro atoms. The van der Waals surface area contributed by atoms with Crippen LogP contribution < -0.4 is 22.2 Å². The zero-order valence-electron chi connectivity index (χ0n) is 27.6. The van der Waals surface area contributed by atoms with Gasteiger partial charge in [-0.05, 0) is 95.3 Å². The summed E-state index contributed by atoms with van der Waals surface area (Å²) >= 11 is 0. The minimum Gasteiger partial charge on any atom is -0.444 e. The topological polar surface area (TPSA) is 134 Å². The molecule has 10 nitrogen and oxygen atoms in total. The van der Waals surface area contributed by atoms with E-state index in [1.165, 1.54) is 45.5 Å². The minimum absolute atomic E-state index is 0.164. The molecule has 0 radical (unpaired) electrons. The Hall–Kier alpha value is -5.75. The van der Waals surface area contributed by atoms with Crippen molar-refractivity contribution in [1.29, 1.82) is 0 Å². The molecule has 6 rings (SSSR count). The van der Waals surface area contributed by atoms with Crippen molar-refractivity contribution in [3.05, 3.63) is 141 Å². The highest BCUT2D eigenvalue weighted by Crippen LogP contribution is 2.20. The lowest BCUT2D eigenvalue weighted by Crippen LogP contribution is -2.36. The van der Waals surface area contributed by atoms with Crippen molar-refractivity contribution < 1.29 is 18.3 Å². The molecule has 0 aliphatic heterocycles. The van der Waals surface area contributed by atoms with Gasteiger partial charge in [0.15, 0.2) is 0 Å². The molecule has 0 bridgehead atoms. The Balaban J connectivity index is 0.000000199. The molecule has 0 aliphatic carbocycles. The van der Waals surface area contributed by atoms with Crippen LogP contribution in [0, 0.1) is 11.6 Å². The number of fused-ring (bicyclic) bond motifs is 2. The number of hydrogen-bond donors (Lipinski definition) is 2. The summed E-state index contributed by atoms with van der Waals surface area (Å²) in [5.74, 6) is -0.209. The lowest BCUT2D eigenvalue weighted by atomic mass is 10.2. The van der Waals surface area contributed by atoms with Gasteiger partial charge in [0.1, 0.15) is 28.9 Å². The van der Waals surface area contributed by atoms with Crippen LogP contribution >= 0.6 is 0 Å². The second kappa shape index (κ2) is 14.2. The molecule has 3 N–H and O–H groups in total. The fraction of sp³-hybridized carbons (Fsp3) is 0.216. The highest BCUT2D eigenvalue weighted by Gasteiger charge is 2.23. The standard InChI is InChI=1S/C21H22FN3O3.C16H14FN3O/c1-13(23-20(27)28-21(2,3)4)18-24-17-11-10-14(22)12-16(17)19(26)25(18)15-8-6-5-7-9-15;1-10(18)15-19-14-8-7-11(17)9-13(14)16(21)20(15)12-5-3-2-4-6-12/h5-13H,1-4H3,(H,23,27);2-10H,18H2,1H3/t13-;10-/m00/s1. The van der Waals surface area contributed by atoms with Crippen molar-refractivity contribution in [2.75, 3.05) is 0 Å². The number of aromatic nitrogens is 4. The lowest BCUT2D eigenvalue weighted by molar-refractivity contribution is 0.0505. The van der Waals surface area contributed by atoms with Gasteiger partial charge in [-0.15, -0.1) is 0 Å². The Labute approximate surface area is 280 Å². The molecule has 6 aromatic rings. The van der Waals surface area contributed by atoms with E-state index in [9.17, 15) is 23.2 Å². The Kier molecular flexibility index (Phi) is 9.99. The summed E-state index contributed by atoms with van der Waals surface area (Å²) in [4.78, 5) is 47.0. The Morgan fingerprint density at radius 2 is 1.16 bits per heavy atom. The van der Waals surface area contributed by atoms with Gasteiger partial charge in [0.05, 0.1) is 45.3 Å². The number of para-hydroxylation sites is 2. The molecule has 0 saturated carbocycles. The zero-order chi connectivity index (χ0) is 35.5. The van der Waals surface area contributed by atoms with E-state index in [1.807, 2.05) is 24.3 Å². The van der Waals surface area contributed by atoms with Crippen LogP contribution in [-0.4, -0.2) is 30.8 Å². The van der Waals surface area contributed by atoms with Gasteiger partial charge in [-0.25, -0.2) is 23.5 Å². The van der Waals surface area contributed by atoms with Gasteiger partial charge in [0.25, 0.3) is 11.1 Å². The summed E-state index contributed by atoms with van der Waals surface area (Å²) in [6.07, 6.45) is -0.618. The average Bonchev–Trinajstić information content (AvgIpc) is 3.05. The SMILES string of the molecule is C[C@H](N)c1nc2ccc(F)cc2c(=O)n1-c1ccccc1.C[C@H](NC(=O)OC(C)(C)C)c1nc2ccc(F)cc2c(=O)n1-c1ccccc1. The smallest absolute Gasteiger partial charge is 0.408 e. The molecule has 0 aliphatic rings. The third-order valence-electron chi connectivity index (χ3n) is 7.27. The van der Waals surface area contributed by atoms with Gasteiger partial charge in [0.2, 0.25) is 0 Å². The van der Waals surface area contributed by atoms with E-state index in [0.29, 0.717) is 34.1 Å². The van der Waals surface area contributed by atoms with Gasteiger partial charge in [-0.1, -0.05) is 36.4 Å². The van der Waals surface area contributed by atoms with Crippen LogP contribution in [0.2, 0.25) is 0 Å². The molecular formula is C37H36F2N6O4. The normalized spacial score (nSPS) is 12.6. The van der Waals surface area contributed by atoms with Crippen LogP contribution in [0.5, 0.6) is 0 Å². The number of ether oxygens (including phenoxy) is 1. The summed E-state index contributed by atoms with van der Waals surface area (Å²) in [5, 5.41) is 3.11. The van der Waals surface area contributed by atoms with E-state index in [0.717, 1.165) is 0 Å². The maximum absolute atomic E-state index is 13.7. The highest BCUT2D eigenvalue weighted by molar-refractivity contribution is 5.79. The molecule has 0 saturated heterocycles. The Bertz CT molecular complexity index is 2250. The van der Waals surface area contributed by atoms with Crippen LogP contribution in [-0.2, 0) is 4.74 Å². The first-order valence-electron chi connectivity index (χ1n) is 15.5. The van der Waals surface area contributed by atoms with Crippen LogP contribution in [0.3, 0.4) is 0 Å². The number of hydrogen-bond acceptors (Lipinski definition) is 7. The summed E-state index contributed by atoms with van der Waals surface area (Å²) in [5.41, 5.74) is 6.58. The predicted molar refractivity (Wildman–Crippen MR) is 185 cm³/mol. The maximum Gasteiger partial charge on any atom is 0.408 e. The summed E-state index contributed by atoms with van der Waals surface area (Å²) in [6, 6.07) is 24.8. The Morgan fingerprint density at radius 1 is 0.735 bits per heavy atom. The van der Waals surface area contributed by atoms with Crippen molar-refractivity contribution >= 4 is 27.9 Å². The first-order valence-corrected chi connectivity index (χ1v) is 15.5. The minimum atomic E-state index is -0.656. The number of halogens is 2. The molecule has 2 atom stereocenters. The third kappa shape index (κ3) is 7.87. The number of carbonyl (C=O) groups is 1. The summed E-state index contributed by atoms with van der Waals surface area (Å²) in [6.45, 7) is 8.76. The summed E-state index contributed by atoms with van der Waals surface area (Å²) < 4.78 is 35.2. The van der Waals surface area contributed by atoms with Crippen LogP contribution in [0.4, 0.5) is 13.6 Å². The lowest BCUT2D eigenvalue weighted by Gasteiger charge is -2.23. The fourth-order valence-corrected chi connectivity index (χ4v) is 5.15. The number of benzene rings is 4. The second-order valence-corrected chi connectivity index (χ2v) is 12.4. The first kappa shape index (κ1) is 34.6. The first-order chi connectivity index (χ1) is 23.2. The molecule has 252 valence electrons. The van der Waals surface area contributed by atoms with Crippen molar-refractivity contribution in [2.24, 2.45) is 5.73 Å². The van der Waals surface area contributed by atoms with Gasteiger partial charge >= 0.3 is 6.09 Å². The molecule has 0 unspecified atom stereocenters. The quantitative estimate of drug-likeness (QED) is 0.210. The number of nitrogens with two attached hydrogens (primary N) is 1. The average molecular weight is 667 g/mol. The third-order valence-corrected chi connectivity index (χ3v) is 7.27. The van der Waals surface area contributed by atoms with Gasteiger partial charge < -0.3 is 15.8 Å². The number of rotatable bonds is 5. The number of carbonyl (C=O) groups excluding carboxylic acids is 1. The van der Waals surface area contributed by atoms with E-state index in [4.69, 9.17) is 10.5 Å². The van der Waals surface area contributed by atoms with Crippen molar-refractivity contribution in [2.45, 2.75) is 52.3 Å². The number of amides is 1. The Morgan fingerprint density at radius 3 is 1.59 bits per heavy atom. The monoisotopic (exact) mass is 666 g/mol. The molecule has 2 heterocycles. The molecule has 4 aromatic carbocycles. The number of alkyl carbamates (subject to hydrolysis) is 1. The maximum atomic E-state index is 13.7. The van der Waals surface area contributed by atoms with Crippen molar-refractivity contribution in [1.82, 2.24) is 24.4 Å². The largest absolute Gasteiger partial charge is 0.444 e. The number of nitrogens with one attached hydrogen (secondary N) is 1. The van der Waals surface area contributed by atoms with Gasteiger partial charge in [-0.3, -0.25) is 18.7 Å². The van der Waals surface area contributed by atoms with Crippen molar-refractivity contribution in [3.8, 4) is 11.4 Å². The number of nitrogens with zero attached hydrogens (tertiary/aromatic N) is 4. The predicted octanol–water partition coefficient (Wildman–Crippen LogP) is 6.66. The van der Waals surface area contributed by atoms with E-state index >= 15 is 0 Å².